The van der Waals surface area contributed by atoms with Crippen LogP contribution in [0, 0.1) is 0 Å². The van der Waals surface area contributed by atoms with Crippen molar-refractivity contribution in [3.63, 3.8) is 0 Å². The molecule has 116 valence electrons. The molecule has 0 fully saturated rings. The number of anilines is 4. The Bertz CT molecular complexity index is 794. The van der Waals surface area contributed by atoms with E-state index in [1.54, 1.807) is 13.3 Å². The van der Waals surface area contributed by atoms with E-state index in [2.05, 4.69) is 41.7 Å². The monoisotopic (exact) mass is 371 g/mol. The number of halogens is 1. The molecule has 0 spiro atoms. The van der Waals surface area contributed by atoms with E-state index < -0.39 is 0 Å². The predicted molar refractivity (Wildman–Crippen MR) is 93.5 cm³/mol. The summed E-state index contributed by atoms with van der Waals surface area (Å²) in [5.74, 6) is 1.71. The maximum atomic E-state index is 5.31. The molecule has 0 saturated carbocycles. The van der Waals surface area contributed by atoms with Crippen LogP contribution in [0.1, 0.15) is 0 Å². The Kier molecular flexibility index (Phi) is 4.68. The first-order valence-electron chi connectivity index (χ1n) is 6.87. The highest BCUT2D eigenvalue weighted by molar-refractivity contribution is 9.10. The average molecular weight is 372 g/mol. The van der Waals surface area contributed by atoms with Crippen molar-refractivity contribution in [1.29, 1.82) is 0 Å². The minimum atomic E-state index is 0.409. The van der Waals surface area contributed by atoms with Crippen LogP contribution in [0.25, 0.3) is 0 Å². The van der Waals surface area contributed by atoms with Crippen molar-refractivity contribution in [3.05, 3.63) is 59.2 Å². The largest absolute Gasteiger partial charge is 0.495 e. The van der Waals surface area contributed by atoms with Gasteiger partial charge in [-0.05, 0) is 36.4 Å². The van der Waals surface area contributed by atoms with Crippen molar-refractivity contribution >= 4 is 39.1 Å². The minimum absolute atomic E-state index is 0.409. The molecule has 23 heavy (non-hydrogen) atoms. The van der Waals surface area contributed by atoms with Crippen LogP contribution < -0.4 is 15.4 Å². The maximum absolute atomic E-state index is 5.31. The molecule has 7 heteroatoms. The van der Waals surface area contributed by atoms with E-state index in [1.807, 2.05) is 48.5 Å². The van der Waals surface area contributed by atoms with Gasteiger partial charge in [0.2, 0.25) is 5.95 Å². The molecule has 0 bridgehead atoms. The number of hydrogen-bond acceptors (Lipinski definition) is 6. The molecule has 2 N–H and O–H groups in total. The summed E-state index contributed by atoms with van der Waals surface area (Å²) in [5.41, 5.74) is 1.69. The highest BCUT2D eigenvalue weighted by Crippen LogP contribution is 2.26. The number of ether oxygens (including phenoxy) is 1. The first kappa shape index (κ1) is 15.2. The van der Waals surface area contributed by atoms with Crippen LogP contribution in [-0.4, -0.2) is 22.3 Å². The summed E-state index contributed by atoms with van der Waals surface area (Å²) in [6.07, 6.45) is 1.55. The van der Waals surface area contributed by atoms with Crippen molar-refractivity contribution in [3.8, 4) is 5.75 Å². The number of rotatable bonds is 5. The zero-order valence-corrected chi connectivity index (χ0v) is 13.9. The predicted octanol–water partition coefficient (Wildman–Crippen LogP) is 4.13. The van der Waals surface area contributed by atoms with Crippen LogP contribution in [-0.2, 0) is 0 Å². The summed E-state index contributed by atoms with van der Waals surface area (Å²) in [6, 6.07) is 15.3. The Morgan fingerprint density at radius 3 is 2.57 bits per heavy atom. The number of aromatic nitrogens is 3. The molecular weight excluding hydrogens is 358 g/mol. The van der Waals surface area contributed by atoms with Crippen LogP contribution in [0.3, 0.4) is 0 Å². The zero-order chi connectivity index (χ0) is 16.1. The molecule has 0 aliphatic rings. The van der Waals surface area contributed by atoms with Crippen molar-refractivity contribution in [2.45, 2.75) is 0 Å². The van der Waals surface area contributed by atoms with E-state index in [0.29, 0.717) is 11.8 Å². The minimum Gasteiger partial charge on any atom is -0.495 e. The number of para-hydroxylation sites is 2. The molecule has 0 saturated heterocycles. The summed E-state index contributed by atoms with van der Waals surface area (Å²) in [4.78, 5) is 4.40. The first-order valence-corrected chi connectivity index (χ1v) is 7.66. The summed E-state index contributed by atoms with van der Waals surface area (Å²) < 4.78 is 6.32. The summed E-state index contributed by atoms with van der Waals surface area (Å²) in [5, 5.41) is 14.2. The second kappa shape index (κ2) is 7.06. The second-order valence-corrected chi connectivity index (χ2v) is 5.54. The quantitative estimate of drug-likeness (QED) is 0.702. The average Bonchev–Trinajstić information content (AvgIpc) is 2.58. The fourth-order valence-electron chi connectivity index (χ4n) is 1.96. The van der Waals surface area contributed by atoms with Gasteiger partial charge in [0.05, 0.1) is 19.0 Å². The Hall–Kier alpha value is -2.67. The van der Waals surface area contributed by atoms with Crippen LogP contribution in [0.15, 0.2) is 59.2 Å². The van der Waals surface area contributed by atoms with E-state index >= 15 is 0 Å². The SMILES string of the molecule is COc1ccccc1Nc1cnnc(Nc2ccc(Br)cc2)n1. The number of nitrogens with zero attached hydrogens (tertiary/aromatic N) is 3. The lowest BCUT2D eigenvalue weighted by Crippen LogP contribution is -2.03. The fourth-order valence-corrected chi connectivity index (χ4v) is 2.23. The molecule has 0 radical (unpaired) electrons. The molecule has 0 aliphatic carbocycles. The molecule has 1 heterocycles. The van der Waals surface area contributed by atoms with Gasteiger partial charge in [0.1, 0.15) is 5.75 Å². The Labute approximate surface area is 142 Å². The van der Waals surface area contributed by atoms with Crippen molar-refractivity contribution in [2.24, 2.45) is 0 Å². The first-order chi connectivity index (χ1) is 11.2. The topological polar surface area (TPSA) is 72.0 Å². The van der Waals surface area contributed by atoms with E-state index in [4.69, 9.17) is 4.74 Å². The molecular formula is C16H14BrN5O. The van der Waals surface area contributed by atoms with E-state index in [-0.39, 0.29) is 0 Å². The van der Waals surface area contributed by atoms with Gasteiger partial charge in [-0.1, -0.05) is 28.1 Å². The Morgan fingerprint density at radius 2 is 1.78 bits per heavy atom. The highest BCUT2D eigenvalue weighted by Gasteiger charge is 2.05. The summed E-state index contributed by atoms with van der Waals surface area (Å²) in [6.45, 7) is 0. The highest BCUT2D eigenvalue weighted by atomic mass is 79.9. The lowest BCUT2D eigenvalue weighted by Gasteiger charge is -2.10. The van der Waals surface area contributed by atoms with Crippen molar-refractivity contribution < 1.29 is 4.74 Å². The van der Waals surface area contributed by atoms with Gasteiger partial charge in [0.25, 0.3) is 0 Å². The number of nitrogens with one attached hydrogen (secondary N) is 2. The van der Waals surface area contributed by atoms with Gasteiger partial charge in [-0.3, -0.25) is 0 Å². The third-order valence-electron chi connectivity index (χ3n) is 3.03. The van der Waals surface area contributed by atoms with Crippen molar-refractivity contribution in [2.75, 3.05) is 17.7 Å². The Morgan fingerprint density at radius 1 is 1.00 bits per heavy atom. The van der Waals surface area contributed by atoms with Crippen LogP contribution in [0.5, 0.6) is 5.75 Å². The van der Waals surface area contributed by atoms with Gasteiger partial charge in [-0.25, -0.2) is 0 Å². The molecule has 1 aromatic heterocycles. The summed E-state index contributed by atoms with van der Waals surface area (Å²) in [7, 11) is 1.62. The van der Waals surface area contributed by atoms with Crippen LogP contribution >= 0.6 is 15.9 Å². The van der Waals surface area contributed by atoms with Crippen LogP contribution in [0.2, 0.25) is 0 Å². The van der Waals surface area contributed by atoms with Gasteiger partial charge >= 0.3 is 0 Å². The van der Waals surface area contributed by atoms with Gasteiger partial charge < -0.3 is 15.4 Å². The standard InChI is InChI=1S/C16H14BrN5O/c1-23-14-5-3-2-4-13(14)20-15-10-18-22-16(21-15)19-12-8-6-11(17)7-9-12/h2-10H,1H3,(H2,19,20,21,22). The molecule has 0 unspecified atom stereocenters. The molecule has 0 amide bonds. The molecule has 3 aromatic rings. The fraction of sp³-hybridized carbons (Fsp3) is 0.0625. The zero-order valence-electron chi connectivity index (χ0n) is 12.3. The lowest BCUT2D eigenvalue weighted by atomic mass is 10.3. The van der Waals surface area contributed by atoms with E-state index in [0.717, 1.165) is 21.6 Å². The van der Waals surface area contributed by atoms with Crippen molar-refractivity contribution in [1.82, 2.24) is 15.2 Å². The molecule has 0 aliphatic heterocycles. The molecule has 2 aromatic carbocycles. The van der Waals surface area contributed by atoms with E-state index in [1.165, 1.54) is 0 Å². The maximum Gasteiger partial charge on any atom is 0.249 e. The molecule has 3 rings (SSSR count). The smallest absolute Gasteiger partial charge is 0.249 e. The third kappa shape index (κ3) is 3.95. The van der Waals surface area contributed by atoms with Crippen LogP contribution in [0.4, 0.5) is 23.1 Å². The molecule has 0 atom stereocenters. The van der Waals surface area contributed by atoms with E-state index in [9.17, 15) is 0 Å². The Balaban J connectivity index is 1.78. The van der Waals surface area contributed by atoms with Gasteiger partial charge in [0, 0.05) is 10.2 Å². The second-order valence-electron chi connectivity index (χ2n) is 4.62. The van der Waals surface area contributed by atoms with Gasteiger partial charge in [-0.15, -0.1) is 5.10 Å². The number of benzene rings is 2. The van der Waals surface area contributed by atoms with Gasteiger partial charge in [-0.2, -0.15) is 10.1 Å². The number of methoxy groups -OCH3 is 1. The molecule has 6 nitrogen and oxygen atoms in total. The van der Waals surface area contributed by atoms with Gasteiger partial charge in [0.15, 0.2) is 5.82 Å². The summed E-state index contributed by atoms with van der Waals surface area (Å²) >= 11 is 3.40. The third-order valence-corrected chi connectivity index (χ3v) is 3.56. The normalized spacial score (nSPS) is 10.2. The lowest BCUT2D eigenvalue weighted by molar-refractivity contribution is 0.417. The number of hydrogen-bond donors (Lipinski definition) is 2.